The highest BCUT2D eigenvalue weighted by molar-refractivity contribution is 9.10. The summed E-state index contributed by atoms with van der Waals surface area (Å²) in [5, 5.41) is 6.94. The molecule has 1 aliphatic rings. The number of halogens is 1. The fraction of sp³-hybridized carbons (Fsp3) is 0.600. The predicted molar refractivity (Wildman–Crippen MR) is 84.4 cm³/mol. The number of benzene rings is 1. The molecule has 0 bridgehead atoms. The zero-order valence-corrected chi connectivity index (χ0v) is 13.2. The van der Waals surface area contributed by atoms with Gasteiger partial charge in [0, 0.05) is 43.2 Å². The smallest absolute Gasteiger partial charge is 0.0220 e. The Morgan fingerprint density at radius 1 is 1.32 bits per heavy atom. The second kappa shape index (κ2) is 8.00. The zero-order chi connectivity index (χ0) is 13.5. The predicted octanol–water partition coefficient (Wildman–Crippen LogP) is 2.22. The van der Waals surface area contributed by atoms with Crippen molar-refractivity contribution in [3.63, 3.8) is 0 Å². The monoisotopic (exact) mass is 325 g/mol. The van der Waals surface area contributed by atoms with Gasteiger partial charge in [0.25, 0.3) is 0 Å². The van der Waals surface area contributed by atoms with E-state index in [1.54, 1.807) is 0 Å². The molecule has 3 nitrogen and oxygen atoms in total. The molecule has 106 valence electrons. The summed E-state index contributed by atoms with van der Waals surface area (Å²) < 4.78 is 1.19. The highest BCUT2D eigenvalue weighted by atomic mass is 79.9. The third kappa shape index (κ3) is 4.88. The molecule has 1 fully saturated rings. The van der Waals surface area contributed by atoms with E-state index in [0.29, 0.717) is 6.04 Å². The average Bonchev–Trinajstić information content (AvgIpc) is 2.46. The first-order chi connectivity index (χ1) is 9.27. The summed E-state index contributed by atoms with van der Waals surface area (Å²) in [6, 6.07) is 9.08. The lowest BCUT2D eigenvalue weighted by Crippen LogP contribution is -2.48. The molecule has 1 unspecified atom stereocenters. The van der Waals surface area contributed by atoms with Crippen LogP contribution in [0.3, 0.4) is 0 Å². The third-order valence-corrected chi connectivity index (χ3v) is 4.56. The van der Waals surface area contributed by atoms with Crippen LogP contribution in [0.15, 0.2) is 28.7 Å². The molecule has 1 aromatic rings. The van der Waals surface area contributed by atoms with Crippen LogP contribution in [-0.2, 0) is 6.54 Å². The van der Waals surface area contributed by atoms with Gasteiger partial charge in [-0.1, -0.05) is 34.1 Å². The van der Waals surface area contributed by atoms with Gasteiger partial charge in [-0.05, 0) is 31.5 Å². The first-order valence-corrected chi connectivity index (χ1v) is 7.95. The number of hydrogen-bond acceptors (Lipinski definition) is 3. The Labute approximate surface area is 124 Å². The van der Waals surface area contributed by atoms with E-state index < -0.39 is 0 Å². The number of rotatable bonds is 6. The van der Waals surface area contributed by atoms with Crippen LogP contribution in [0.4, 0.5) is 0 Å². The van der Waals surface area contributed by atoms with Crippen molar-refractivity contribution in [1.82, 2.24) is 15.5 Å². The third-order valence-electron chi connectivity index (χ3n) is 3.79. The Balaban J connectivity index is 1.65. The maximum Gasteiger partial charge on any atom is 0.0220 e. The van der Waals surface area contributed by atoms with Crippen LogP contribution >= 0.6 is 15.9 Å². The molecule has 1 saturated heterocycles. The van der Waals surface area contributed by atoms with Crippen molar-refractivity contribution >= 4 is 15.9 Å². The molecule has 0 spiro atoms. The van der Waals surface area contributed by atoms with E-state index in [4.69, 9.17) is 0 Å². The van der Waals surface area contributed by atoms with Crippen molar-refractivity contribution in [1.29, 1.82) is 0 Å². The van der Waals surface area contributed by atoms with Crippen LogP contribution in [0.1, 0.15) is 18.9 Å². The van der Waals surface area contributed by atoms with Gasteiger partial charge in [0.1, 0.15) is 0 Å². The molecular weight excluding hydrogens is 302 g/mol. The summed E-state index contributed by atoms with van der Waals surface area (Å²) >= 11 is 3.58. The van der Waals surface area contributed by atoms with Crippen molar-refractivity contribution in [2.45, 2.75) is 25.9 Å². The molecule has 2 N–H and O–H groups in total. The number of nitrogens with one attached hydrogen (secondary N) is 2. The molecule has 0 amide bonds. The van der Waals surface area contributed by atoms with Crippen molar-refractivity contribution in [3.05, 3.63) is 34.3 Å². The summed E-state index contributed by atoms with van der Waals surface area (Å²) in [5.74, 6) is 0. The van der Waals surface area contributed by atoms with Gasteiger partial charge in [-0.2, -0.15) is 0 Å². The molecule has 1 atom stereocenters. The maximum atomic E-state index is 3.58. The Hall–Kier alpha value is -0.420. The first kappa shape index (κ1) is 15.0. The molecule has 0 saturated carbocycles. The SMILES string of the molecule is CC(CCNCc1ccccc1Br)N1CCNCC1. The molecule has 1 aromatic carbocycles. The van der Waals surface area contributed by atoms with Gasteiger partial charge in [-0.25, -0.2) is 0 Å². The van der Waals surface area contributed by atoms with Gasteiger partial charge in [-0.15, -0.1) is 0 Å². The Kier molecular flexibility index (Phi) is 6.31. The van der Waals surface area contributed by atoms with Gasteiger partial charge >= 0.3 is 0 Å². The van der Waals surface area contributed by atoms with Gasteiger partial charge < -0.3 is 10.6 Å². The molecule has 1 aliphatic heterocycles. The van der Waals surface area contributed by atoms with Crippen LogP contribution in [0.25, 0.3) is 0 Å². The summed E-state index contributed by atoms with van der Waals surface area (Å²) in [7, 11) is 0. The Bertz CT molecular complexity index is 377. The second-order valence-electron chi connectivity index (χ2n) is 5.19. The quantitative estimate of drug-likeness (QED) is 0.785. The fourth-order valence-corrected chi connectivity index (χ4v) is 2.91. The molecule has 19 heavy (non-hydrogen) atoms. The largest absolute Gasteiger partial charge is 0.314 e. The maximum absolute atomic E-state index is 3.58. The highest BCUT2D eigenvalue weighted by Gasteiger charge is 2.15. The number of nitrogens with zero attached hydrogens (tertiary/aromatic N) is 1. The van der Waals surface area contributed by atoms with Crippen LogP contribution < -0.4 is 10.6 Å². The van der Waals surface area contributed by atoms with Crippen molar-refractivity contribution in [2.24, 2.45) is 0 Å². The van der Waals surface area contributed by atoms with Crippen LogP contribution in [-0.4, -0.2) is 43.7 Å². The lowest BCUT2D eigenvalue weighted by molar-refractivity contribution is 0.176. The lowest BCUT2D eigenvalue weighted by atomic mass is 10.1. The first-order valence-electron chi connectivity index (χ1n) is 7.16. The average molecular weight is 326 g/mol. The van der Waals surface area contributed by atoms with Gasteiger partial charge in [-0.3, -0.25) is 4.90 Å². The topological polar surface area (TPSA) is 27.3 Å². The standard InChI is InChI=1S/C15H24BrN3/c1-13(19-10-8-17-9-11-19)6-7-18-12-14-4-2-3-5-15(14)16/h2-5,13,17-18H,6-12H2,1H3. The normalized spacial score (nSPS) is 18.4. The molecule has 4 heteroatoms. The summed E-state index contributed by atoms with van der Waals surface area (Å²) in [4.78, 5) is 2.58. The molecule has 2 rings (SSSR count). The van der Waals surface area contributed by atoms with Gasteiger partial charge in [0.05, 0.1) is 0 Å². The Morgan fingerprint density at radius 3 is 2.79 bits per heavy atom. The zero-order valence-electron chi connectivity index (χ0n) is 11.7. The van der Waals surface area contributed by atoms with Crippen molar-refractivity contribution in [3.8, 4) is 0 Å². The van der Waals surface area contributed by atoms with Crippen molar-refractivity contribution < 1.29 is 0 Å². The van der Waals surface area contributed by atoms with Crippen LogP contribution in [0.5, 0.6) is 0 Å². The van der Waals surface area contributed by atoms with Crippen molar-refractivity contribution in [2.75, 3.05) is 32.7 Å². The second-order valence-corrected chi connectivity index (χ2v) is 6.05. The molecule has 0 radical (unpaired) electrons. The van der Waals surface area contributed by atoms with Crippen LogP contribution in [0.2, 0.25) is 0 Å². The minimum absolute atomic E-state index is 0.675. The van der Waals surface area contributed by atoms with E-state index >= 15 is 0 Å². The fourth-order valence-electron chi connectivity index (χ4n) is 2.48. The molecule has 1 heterocycles. The van der Waals surface area contributed by atoms with E-state index in [1.807, 2.05) is 0 Å². The summed E-state index contributed by atoms with van der Waals surface area (Å²) in [5.41, 5.74) is 1.33. The van der Waals surface area contributed by atoms with E-state index in [1.165, 1.54) is 29.5 Å². The van der Waals surface area contributed by atoms with Gasteiger partial charge in [0.2, 0.25) is 0 Å². The summed E-state index contributed by atoms with van der Waals surface area (Å²) in [6.45, 7) is 8.99. The molecular formula is C15H24BrN3. The molecule has 0 aromatic heterocycles. The molecule has 0 aliphatic carbocycles. The minimum Gasteiger partial charge on any atom is -0.314 e. The summed E-state index contributed by atoms with van der Waals surface area (Å²) in [6.07, 6.45) is 1.21. The van der Waals surface area contributed by atoms with E-state index in [2.05, 4.69) is 62.7 Å². The van der Waals surface area contributed by atoms with E-state index in [0.717, 1.165) is 26.2 Å². The number of piperazine rings is 1. The number of hydrogen-bond donors (Lipinski definition) is 2. The van der Waals surface area contributed by atoms with Gasteiger partial charge in [0.15, 0.2) is 0 Å². The Morgan fingerprint density at radius 2 is 2.05 bits per heavy atom. The van der Waals surface area contributed by atoms with E-state index in [-0.39, 0.29) is 0 Å². The van der Waals surface area contributed by atoms with Crippen LogP contribution in [0, 0.1) is 0 Å². The lowest BCUT2D eigenvalue weighted by Gasteiger charge is -2.32. The minimum atomic E-state index is 0.675. The van der Waals surface area contributed by atoms with E-state index in [9.17, 15) is 0 Å². The highest BCUT2D eigenvalue weighted by Crippen LogP contribution is 2.15.